The van der Waals surface area contributed by atoms with Crippen LogP contribution in [0.25, 0.3) is 0 Å². The summed E-state index contributed by atoms with van der Waals surface area (Å²) in [5.41, 5.74) is 0.401. The van der Waals surface area contributed by atoms with Crippen LogP contribution in [0.5, 0.6) is 0 Å². The lowest BCUT2D eigenvalue weighted by atomic mass is 10.0. The third-order valence-corrected chi connectivity index (χ3v) is 2.53. The molecule has 1 aromatic rings. The molecule has 0 aromatic heterocycles. The summed E-state index contributed by atoms with van der Waals surface area (Å²) in [4.78, 5) is 35.0. The average Bonchev–Trinajstić information content (AvgIpc) is 2.46. The zero-order chi connectivity index (χ0) is 15.0. The number of esters is 1. The van der Waals surface area contributed by atoms with Gasteiger partial charge in [0.05, 0.1) is 20.1 Å². The summed E-state index contributed by atoms with van der Waals surface area (Å²) in [6.07, 6.45) is -1.01. The Labute approximate surface area is 117 Å². The van der Waals surface area contributed by atoms with E-state index in [1.54, 1.807) is 37.3 Å². The molecule has 0 unspecified atom stereocenters. The Morgan fingerprint density at radius 2 is 1.85 bits per heavy atom. The van der Waals surface area contributed by atoms with Gasteiger partial charge in [-0.1, -0.05) is 30.3 Å². The Balaban J connectivity index is 2.83. The second-order valence-corrected chi connectivity index (χ2v) is 3.93. The first-order valence-electron chi connectivity index (χ1n) is 6.17. The van der Waals surface area contributed by atoms with Crippen LogP contribution in [0.3, 0.4) is 0 Å². The standard InChI is InChI=1S/C14H17NO5/c1-3-20-12(16)9-11(15-14(18)19-2)13(17)10-7-5-4-6-8-10/h4-8,11H,3,9H2,1-2H3,(H,15,18)/t11-/m0/s1. The van der Waals surface area contributed by atoms with E-state index >= 15 is 0 Å². The maximum atomic E-state index is 12.3. The highest BCUT2D eigenvalue weighted by Gasteiger charge is 2.25. The van der Waals surface area contributed by atoms with Crippen LogP contribution < -0.4 is 5.32 Å². The molecule has 6 heteroatoms. The number of methoxy groups -OCH3 is 1. The molecule has 0 aliphatic heterocycles. The number of amides is 1. The number of Topliss-reactive ketones (excluding diaryl/α,β-unsaturated/α-hetero) is 1. The Morgan fingerprint density at radius 3 is 2.40 bits per heavy atom. The van der Waals surface area contributed by atoms with E-state index in [0.717, 1.165) is 0 Å². The fourth-order valence-corrected chi connectivity index (χ4v) is 1.60. The summed E-state index contributed by atoms with van der Waals surface area (Å²) >= 11 is 0. The zero-order valence-electron chi connectivity index (χ0n) is 11.4. The highest BCUT2D eigenvalue weighted by molar-refractivity contribution is 6.03. The van der Waals surface area contributed by atoms with Gasteiger partial charge in [0.15, 0.2) is 5.78 Å². The van der Waals surface area contributed by atoms with Crippen molar-refractivity contribution in [3.05, 3.63) is 35.9 Å². The SMILES string of the molecule is CCOC(=O)C[C@H](NC(=O)OC)C(=O)c1ccccc1. The van der Waals surface area contributed by atoms with E-state index in [1.165, 1.54) is 7.11 Å². The molecule has 0 spiro atoms. The second kappa shape index (κ2) is 7.93. The van der Waals surface area contributed by atoms with Gasteiger partial charge in [0.1, 0.15) is 6.04 Å². The largest absolute Gasteiger partial charge is 0.466 e. The van der Waals surface area contributed by atoms with Crippen LogP contribution >= 0.6 is 0 Å². The van der Waals surface area contributed by atoms with Gasteiger partial charge in [-0.3, -0.25) is 9.59 Å². The molecule has 1 N–H and O–H groups in total. The predicted molar refractivity (Wildman–Crippen MR) is 71.4 cm³/mol. The molecule has 0 aliphatic rings. The second-order valence-electron chi connectivity index (χ2n) is 3.93. The first kappa shape index (κ1) is 15.7. The van der Waals surface area contributed by atoms with Gasteiger partial charge in [0.25, 0.3) is 0 Å². The van der Waals surface area contributed by atoms with Crippen LogP contribution in [0.1, 0.15) is 23.7 Å². The number of benzene rings is 1. The van der Waals surface area contributed by atoms with E-state index in [-0.39, 0.29) is 18.8 Å². The third kappa shape index (κ3) is 4.72. The first-order valence-corrected chi connectivity index (χ1v) is 6.17. The van der Waals surface area contributed by atoms with Crippen molar-refractivity contribution in [3.8, 4) is 0 Å². The van der Waals surface area contributed by atoms with E-state index < -0.39 is 18.1 Å². The van der Waals surface area contributed by atoms with E-state index in [0.29, 0.717) is 5.56 Å². The molecule has 6 nitrogen and oxygen atoms in total. The molecule has 0 radical (unpaired) electrons. The molecule has 0 saturated heterocycles. The number of hydrogen-bond acceptors (Lipinski definition) is 5. The van der Waals surface area contributed by atoms with Gasteiger partial charge in [-0.05, 0) is 6.92 Å². The van der Waals surface area contributed by atoms with Crippen molar-refractivity contribution in [2.24, 2.45) is 0 Å². The van der Waals surface area contributed by atoms with Crippen LogP contribution in [0, 0.1) is 0 Å². The number of alkyl carbamates (subject to hydrolysis) is 1. The van der Waals surface area contributed by atoms with Gasteiger partial charge in [-0.25, -0.2) is 4.79 Å². The lowest BCUT2D eigenvalue weighted by Crippen LogP contribution is -2.42. The van der Waals surface area contributed by atoms with Gasteiger partial charge in [0, 0.05) is 5.56 Å². The van der Waals surface area contributed by atoms with E-state index in [1.807, 2.05) is 0 Å². The minimum absolute atomic E-state index is 0.212. The highest BCUT2D eigenvalue weighted by Crippen LogP contribution is 2.07. The summed E-state index contributed by atoms with van der Waals surface area (Å²) in [5, 5.41) is 2.34. The van der Waals surface area contributed by atoms with Crippen molar-refractivity contribution in [1.29, 1.82) is 0 Å². The zero-order valence-corrected chi connectivity index (χ0v) is 11.4. The number of hydrogen-bond donors (Lipinski definition) is 1. The highest BCUT2D eigenvalue weighted by atomic mass is 16.5. The number of ketones is 1. The summed E-state index contributed by atoms with van der Waals surface area (Å²) < 4.78 is 9.24. The fourth-order valence-electron chi connectivity index (χ4n) is 1.60. The third-order valence-electron chi connectivity index (χ3n) is 2.53. The van der Waals surface area contributed by atoms with Gasteiger partial charge in [0.2, 0.25) is 0 Å². The molecule has 0 fully saturated rings. The Morgan fingerprint density at radius 1 is 1.20 bits per heavy atom. The lowest BCUT2D eigenvalue weighted by molar-refractivity contribution is -0.143. The van der Waals surface area contributed by atoms with Gasteiger partial charge < -0.3 is 14.8 Å². The minimum atomic E-state index is -1.01. The van der Waals surface area contributed by atoms with Crippen LogP contribution in [-0.2, 0) is 14.3 Å². The van der Waals surface area contributed by atoms with Crippen molar-refractivity contribution in [2.45, 2.75) is 19.4 Å². The van der Waals surface area contributed by atoms with Gasteiger partial charge in [-0.15, -0.1) is 0 Å². The molecule has 0 aliphatic carbocycles. The number of rotatable bonds is 6. The quantitative estimate of drug-likeness (QED) is 0.631. The smallest absolute Gasteiger partial charge is 0.407 e. The van der Waals surface area contributed by atoms with Crippen molar-refractivity contribution in [2.75, 3.05) is 13.7 Å². The molecule has 1 atom stereocenters. The number of nitrogens with one attached hydrogen (secondary N) is 1. The van der Waals surface area contributed by atoms with Gasteiger partial charge >= 0.3 is 12.1 Å². The van der Waals surface area contributed by atoms with Crippen molar-refractivity contribution in [1.82, 2.24) is 5.32 Å². The maximum Gasteiger partial charge on any atom is 0.407 e. The molecule has 0 saturated carbocycles. The van der Waals surface area contributed by atoms with E-state index in [2.05, 4.69) is 10.1 Å². The van der Waals surface area contributed by atoms with Gasteiger partial charge in [-0.2, -0.15) is 0 Å². The van der Waals surface area contributed by atoms with E-state index in [9.17, 15) is 14.4 Å². The lowest BCUT2D eigenvalue weighted by Gasteiger charge is -2.16. The van der Waals surface area contributed by atoms with Crippen molar-refractivity contribution < 1.29 is 23.9 Å². The molecule has 0 bridgehead atoms. The van der Waals surface area contributed by atoms with Crippen molar-refractivity contribution in [3.63, 3.8) is 0 Å². The molecular formula is C14H17NO5. The fraction of sp³-hybridized carbons (Fsp3) is 0.357. The summed E-state index contributed by atoms with van der Waals surface area (Å²) in [6, 6.07) is 7.38. The Hall–Kier alpha value is -2.37. The van der Waals surface area contributed by atoms with E-state index in [4.69, 9.17) is 4.74 Å². The number of carbonyl (C=O) groups excluding carboxylic acids is 3. The molecule has 1 aromatic carbocycles. The molecule has 1 rings (SSSR count). The first-order chi connectivity index (χ1) is 9.58. The molecule has 20 heavy (non-hydrogen) atoms. The summed E-state index contributed by atoms with van der Waals surface area (Å²) in [6.45, 7) is 1.88. The minimum Gasteiger partial charge on any atom is -0.466 e. The Bertz CT molecular complexity index is 472. The summed E-state index contributed by atoms with van der Waals surface area (Å²) in [5.74, 6) is -0.928. The normalized spacial score (nSPS) is 11.3. The number of ether oxygens (including phenoxy) is 2. The maximum absolute atomic E-state index is 12.3. The van der Waals surface area contributed by atoms with Crippen LogP contribution in [-0.4, -0.2) is 37.6 Å². The molecule has 108 valence electrons. The Kier molecular flexibility index (Phi) is 6.22. The topological polar surface area (TPSA) is 81.7 Å². The van der Waals surface area contributed by atoms with Crippen LogP contribution in [0.2, 0.25) is 0 Å². The summed E-state index contributed by atoms with van der Waals surface area (Å²) in [7, 11) is 1.18. The average molecular weight is 279 g/mol. The monoisotopic (exact) mass is 279 g/mol. The molecule has 1 amide bonds. The number of carbonyl (C=O) groups is 3. The van der Waals surface area contributed by atoms with Crippen LogP contribution in [0.4, 0.5) is 4.79 Å². The van der Waals surface area contributed by atoms with Crippen molar-refractivity contribution >= 4 is 17.8 Å². The molecular weight excluding hydrogens is 262 g/mol. The molecule has 0 heterocycles. The van der Waals surface area contributed by atoms with Crippen LogP contribution in [0.15, 0.2) is 30.3 Å². The predicted octanol–water partition coefficient (Wildman–Crippen LogP) is 1.55.